The van der Waals surface area contributed by atoms with E-state index < -0.39 is 35.1 Å². The van der Waals surface area contributed by atoms with Crippen molar-refractivity contribution in [3.8, 4) is 0 Å². The first kappa shape index (κ1) is 15.1. The van der Waals surface area contributed by atoms with E-state index in [9.17, 15) is 18.4 Å². The number of halogens is 2. The van der Waals surface area contributed by atoms with Gasteiger partial charge in [-0.2, -0.15) is 0 Å². The number of hydrogen-bond acceptors (Lipinski definition) is 2. The maximum Gasteiger partial charge on any atom is 0.326 e. The van der Waals surface area contributed by atoms with E-state index in [2.05, 4.69) is 5.32 Å². The predicted molar refractivity (Wildman–Crippen MR) is 64.7 cm³/mol. The third-order valence-electron chi connectivity index (χ3n) is 2.50. The summed E-state index contributed by atoms with van der Waals surface area (Å²) in [4.78, 5) is 22.7. The highest BCUT2D eigenvalue weighted by atomic mass is 19.1. The Bertz CT molecular complexity index is 469. The zero-order chi connectivity index (χ0) is 14.6. The Balaban J connectivity index is 2.91. The standard InChI is InChI=1S/C13H15F2NO3/c1-7(2)6-10(13(18)19)16-12(17)11-8(14)4-3-5-9(11)15/h3-5,7,10H,6H2,1-2H3,(H,16,17)(H,18,19)/t10-/m1/s1. The fraction of sp³-hybridized carbons (Fsp3) is 0.385. The lowest BCUT2D eigenvalue weighted by Gasteiger charge is -2.16. The van der Waals surface area contributed by atoms with Crippen molar-refractivity contribution in [1.82, 2.24) is 5.32 Å². The molecule has 0 radical (unpaired) electrons. The number of carbonyl (C=O) groups excluding carboxylic acids is 1. The van der Waals surface area contributed by atoms with Gasteiger partial charge in [0.2, 0.25) is 0 Å². The molecule has 2 N–H and O–H groups in total. The Labute approximate surface area is 109 Å². The molecule has 0 fully saturated rings. The van der Waals surface area contributed by atoms with Crippen LogP contribution in [0.2, 0.25) is 0 Å². The van der Waals surface area contributed by atoms with Crippen LogP contribution in [0.15, 0.2) is 18.2 Å². The van der Waals surface area contributed by atoms with Crippen molar-refractivity contribution in [3.05, 3.63) is 35.4 Å². The number of aliphatic carboxylic acids is 1. The molecule has 0 bridgehead atoms. The average Bonchev–Trinajstić information content (AvgIpc) is 2.27. The van der Waals surface area contributed by atoms with Crippen LogP contribution in [0.5, 0.6) is 0 Å². The van der Waals surface area contributed by atoms with E-state index in [4.69, 9.17) is 5.11 Å². The summed E-state index contributed by atoms with van der Waals surface area (Å²) in [6.07, 6.45) is 0.178. The highest BCUT2D eigenvalue weighted by Crippen LogP contribution is 2.13. The minimum Gasteiger partial charge on any atom is -0.480 e. The first-order chi connectivity index (χ1) is 8.82. The van der Waals surface area contributed by atoms with Gasteiger partial charge >= 0.3 is 5.97 Å². The Morgan fingerprint density at radius 1 is 1.26 bits per heavy atom. The molecule has 0 aliphatic carbocycles. The van der Waals surface area contributed by atoms with Crippen molar-refractivity contribution >= 4 is 11.9 Å². The number of carboxylic acids is 1. The predicted octanol–water partition coefficient (Wildman–Crippen LogP) is 2.19. The maximum atomic E-state index is 13.4. The van der Waals surface area contributed by atoms with E-state index in [-0.39, 0.29) is 12.3 Å². The van der Waals surface area contributed by atoms with Crippen molar-refractivity contribution < 1.29 is 23.5 Å². The lowest BCUT2D eigenvalue weighted by Crippen LogP contribution is -2.42. The summed E-state index contributed by atoms with van der Waals surface area (Å²) in [6, 6.07) is 1.84. The Morgan fingerprint density at radius 2 is 1.79 bits per heavy atom. The molecule has 0 spiro atoms. The molecule has 0 aromatic heterocycles. The van der Waals surface area contributed by atoms with Crippen molar-refractivity contribution in [2.75, 3.05) is 0 Å². The van der Waals surface area contributed by atoms with E-state index in [1.807, 2.05) is 0 Å². The summed E-state index contributed by atoms with van der Waals surface area (Å²) < 4.78 is 26.7. The van der Waals surface area contributed by atoms with Gasteiger partial charge in [-0.1, -0.05) is 19.9 Å². The molecule has 1 rings (SSSR count). The van der Waals surface area contributed by atoms with Gasteiger partial charge in [0.05, 0.1) is 0 Å². The fourth-order valence-electron chi connectivity index (χ4n) is 1.64. The Kier molecular flexibility index (Phi) is 4.97. The summed E-state index contributed by atoms with van der Waals surface area (Å²) in [5, 5.41) is 11.1. The van der Waals surface area contributed by atoms with E-state index >= 15 is 0 Å². The van der Waals surface area contributed by atoms with Crippen LogP contribution in [0.3, 0.4) is 0 Å². The number of carbonyl (C=O) groups is 2. The van der Waals surface area contributed by atoms with Crippen molar-refractivity contribution in [2.24, 2.45) is 5.92 Å². The number of amides is 1. The number of rotatable bonds is 5. The molecule has 19 heavy (non-hydrogen) atoms. The zero-order valence-corrected chi connectivity index (χ0v) is 10.6. The normalized spacial score (nSPS) is 12.3. The number of benzene rings is 1. The topological polar surface area (TPSA) is 66.4 Å². The second-order valence-electron chi connectivity index (χ2n) is 4.59. The number of nitrogens with one attached hydrogen (secondary N) is 1. The van der Waals surface area contributed by atoms with Crippen LogP contribution in [0, 0.1) is 17.6 Å². The molecule has 1 aromatic rings. The average molecular weight is 271 g/mol. The van der Waals surface area contributed by atoms with Gasteiger partial charge in [0.15, 0.2) is 0 Å². The summed E-state index contributed by atoms with van der Waals surface area (Å²) in [5.41, 5.74) is -0.766. The molecule has 1 atom stereocenters. The number of hydrogen-bond donors (Lipinski definition) is 2. The molecular formula is C13H15F2NO3. The molecule has 1 aromatic carbocycles. The van der Waals surface area contributed by atoms with Gasteiger partial charge in [-0.25, -0.2) is 13.6 Å². The molecule has 104 valence electrons. The lowest BCUT2D eigenvalue weighted by atomic mass is 10.0. The van der Waals surface area contributed by atoms with Crippen LogP contribution in [0.4, 0.5) is 8.78 Å². The van der Waals surface area contributed by atoms with E-state index in [0.29, 0.717) is 0 Å². The monoisotopic (exact) mass is 271 g/mol. The maximum absolute atomic E-state index is 13.4. The summed E-state index contributed by atoms with van der Waals surface area (Å²) >= 11 is 0. The molecule has 0 aliphatic rings. The van der Waals surface area contributed by atoms with Gasteiger partial charge in [-0.3, -0.25) is 4.79 Å². The summed E-state index contributed by atoms with van der Waals surface area (Å²) in [7, 11) is 0. The third-order valence-corrected chi connectivity index (χ3v) is 2.50. The fourth-order valence-corrected chi connectivity index (χ4v) is 1.64. The van der Waals surface area contributed by atoms with Gasteiger partial charge < -0.3 is 10.4 Å². The van der Waals surface area contributed by atoms with Gasteiger partial charge in [0.25, 0.3) is 5.91 Å². The molecule has 1 amide bonds. The molecule has 0 heterocycles. The van der Waals surface area contributed by atoms with Crippen LogP contribution in [0.1, 0.15) is 30.6 Å². The van der Waals surface area contributed by atoms with Crippen LogP contribution in [-0.2, 0) is 4.79 Å². The molecule has 0 aliphatic heterocycles. The summed E-state index contributed by atoms with van der Waals surface area (Å²) in [5.74, 6) is -4.33. The Hall–Kier alpha value is -1.98. The van der Waals surface area contributed by atoms with Gasteiger partial charge in [-0.15, -0.1) is 0 Å². The molecule has 0 saturated carbocycles. The minimum atomic E-state index is -1.24. The Morgan fingerprint density at radius 3 is 2.21 bits per heavy atom. The molecule has 0 saturated heterocycles. The van der Waals surface area contributed by atoms with Crippen molar-refractivity contribution in [1.29, 1.82) is 0 Å². The van der Waals surface area contributed by atoms with E-state index in [0.717, 1.165) is 18.2 Å². The van der Waals surface area contributed by atoms with Gasteiger partial charge in [-0.05, 0) is 24.5 Å². The van der Waals surface area contributed by atoms with Crippen molar-refractivity contribution in [3.63, 3.8) is 0 Å². The molecule has 6 heteroatoms. The van der Waals surface area contributed by atoms with Crippen LogP contribution in [0.25, 0.3) is 0 Å². The van der Waals surface area contributed by atoms with Crippen molar-refractivity contribution in [2.45, 2.75) is 26.3 Å². The second-order valence-corrected chi connectivity index (χ2v) is 4.59. The minimum absolute atomic E-state index is 0.0202. The first-order valence-electron chi connectivity index (χ1n) is 5.80. The van der Waals surface area contributed by atoms with Gasteiger partial charge in [0, 0.05) is 0 Å². The van der Waals surface area contributed by atoms with E-state index in [1.165, 1.54) is 0 Å². The SMILES string of the molecule is CC(C)C[C@@H](NC(=O)c1c(F)cccc1F)C(=O)O. The summed E-state index contributed by atoms with van der Waals surface area (Å²) in [6.45, 7) is 3.57. The van der Waals surface area contributed by atoms with Gasteiger partial charge in [0.1, 0.15) is 23.2 Å². The lowest BCUT2D eigenvalue weighted by molar-refractivity contribution is -0.139. The quantitative estimate of drug-likeness (QED) is 0.862. The third kappa shape index (κ3) is 4.01. The zero-order valence-electron chi connectivity index (χ0n) is 10.6. The highest BCUT2D eigenvalue weighted by Gasteiger charge is 2.24. The first-order valence-corrected chi connectivity index (χ1v) is 5.80. The second kappa shape index (κ2) is 6.26. The molecular weight excluding hydrogens is 256 g/mol. The van der Waals surface area contributed by atoms with Crippen LogP contribution in [-0.4, -0.2) is 23.0 Å². The molecule has 0 unspecified atom stereocenters. The van der Waals surface area contributed by atoms with E-state index in [1.54, 1.807) is 13.8 Å². The largest absolute Gasteiger partial charge is 0.480 e. The van der Waals surface area contributed by atoms with Crippen LogP contribution < -0.4 is 5.32 Å². The highest BCUT2D eigenvalue weighted by molar-refractivity contribution is 5.97. The molecule has 4 nitrogen and oxygen atoms in total. The smallest absolute Gasteiger partial charge is 0.326 e. The van der Waals surface area contributed by atoms with Crippen LogP contribution >= 0.6 is 0 Å². The number of carboxylic acid groups (broad SMARTS) is 1.